The SMILES string of the molecule is NC1(CN2CCc3ccccc3C2=O)CCC1. The molecule has 0 aromatic heterocycles. The van der Waals surface area contributed by atoms with Crippen molar-refractivity contribution in [1.29, 1.82) is 0 Å². The van der Waals surface area contributed by atoms with Crippen molar-refractivity contribution in [2.24, 2.45) is 5.73 Å². The normalized spacial score (nSPS) is 21.9. The van der Waals surface area contributed by atoms with Gasteiger partial charge in [0.1, 0.15) is 0 Å². The Bertz CT molecular complexity index is 451. The number of benzene rings is 1. The molecule has 17 heavy (non-hydrogen) atoms. The number of nitrogens with two attached hydrogens (primary N) is 1. The summed E-state index contributed by atoms with van der Waals surface area (Å²) in [6.45, 7) is 1.54. The lowest BCUT2D eigenvalue weighted by molar-refractivity contribution is 0.0643. The average Bonchev–Trinajstić information content (AvgIpc) is 2.31. The number of hydrogen-bond donors (Lipinski definition) is 1. The van der Waals surface area contributed by atoms with Crippen molar-refractivity contribution >= 4 is 5.91 Å². The zero-order valence-electron chi connectivity index (χ0n) is 9.98. The van der Waals surface area contributed by atoms with Crippen molar-refractivity contribution in [2.75, 3.05) is 13.1 Å². The number of amides is 1. The molecule has 1 aliphatic heterocycles. The van der Waals surface area contributed by atoms with Crippen LogP contribution in [0.2, 0.25) is 0 Å². The topological polar surface area (TPSA) is 46.3 Å². The molecule has 3 rings (SSSR count). The Morgan fingerprint density at radius 3 is 2.76 bits per heavy atom. The van der Waals surface area contributed by atoms with Crippen LogP contribution in [0, 0.1) is 0 Å². The smallest absolute Gasteiger partial charge is 0.254 e. The Labute approximate surface area is 102 Å². The van der Waals surface area contributed by atoms with Gasteiger partial charge in [-0.3, -0.25) is 4.79 Å². The van der Waals surface area contributed by atoms with Gasteiger partial charge in [-0.2, -0.15) is 0 Å². The van der Waals surface area contributed by atoms with Crippen molar-refractivity contribution in [3.8, 4) is 0 Å². The summed E-state index contributed by atoms with van der Waals surface area (Å²) in [4.78, 5) is 14.2. The number of rotatable bonds is 2. The first kappa shape index (κ1) is 10.8. The highest BCUT2D eigenvalue weighted by atomic mass is 16.2. The third-order valence-electron chi connectivity index (χ3n) is 4.04. The van der Waals surface area contributed by atoms with Crippen LogP contribution in [-0.4, -0.2) is 29.4 Å². The molecule has 90 valence electrons. The molecular formula is C14H18N2O. The average molecular weight is 230 g/mol. The molecule has 3 heteroatoms. The molecule has 0 saturated heterocycles. The number of hydrogen-bond acceptors (Lipinski definition) is 2. The summed E-state index contributed by atoms with van der Waals surface area (Å²) in [6, 6.07) is 7.90. The number of carbonyl (C=O) groups excluding carboxylic acids is 1. The van der Waals surface area contributed by atoms with E-state index in [1.807, 2.05) is 29.2 Å². The van der Waals surface area contributed by atoms with Gasteiger partial charge in [0.2, 0.25) is 0 Å². The van der Waals surface area contributed by atoms with Gasteiger partial charge in [0.15, 0.2) is 0 Å². The van der Waals surface area contributed by atoms with Crippen molar-refractivity contribution in [3.63, 3.8) is 0 Å². The van der Waals surface area contributed by atoms with Gasteiger partial charge in [0.05, 0.1) is 0 Å². The zero-order valence-corrected chi connectivity index (χ0v) is 9.98. The highest BCUT2D eigenvalue weighted by molar-refractivity contribution is 5.96. The molecule has 0 radical (unpaired) electrons. The lowest BCUT2D eigenvalue weighted by atomic mass is 9.77. The van der Waals surface area contributed by atoms with E-state index in [1.165, 1.54) is 12.0 Å². The predicted molar refractivity (Wildman–Crippen MR) is 66.8 cm³/mol. The van der Waals surface area contributed by atoms with Crippen LogP contribution < -0.4 is 5.73 Å². The van der Waals surface area contributed by atoms with Crippen LogP contribution in [0.25, 0.3) is 0 Å². The fraction of sp³-hybridized carbons (Fsp3) is 0.500. The van der Waals surface area contributed by atoms with E-state index >= 15 is 0 Å². The van der Waals surface area contributed by atoms with Crippen LogP contribution >= 0.6 is 0 Å². The Morgan fingerprint density at radius 1 is 1.29 bits per heavy atom. The van der Waals surface area contributed by atoms with E-state index in [1.54, 1.807) is 0 Å². The van der Waals surface area contributed by atoms with Gasteiger partial charge in [-0.1, -0.05) is 18.2 Å². The third-order valence-corrected chi connectivity index (χ3v) is 4.04. The monoisotopic (exact) mass is 230 g/mol. The molecule has 0 spiro atoms. The number of nitrogens with zero attached hydrogens (tertiary/aromatic N) is 1. The lowest BCUT2D eigenvalue weighted by Gasteiger charge is -2.43. The minimum atomic E-state index is -0.109. The maximum Gasteiger partial charge on any atom is 0.254 e. The van der Waals surface area contributed by atoms with Gasteiger partial charge in [-0.05, 0) is 37.3 Å². The van der Waals surface area contributed by atoms with Gasteiger partial charge in [0, 0.05) is 24.2 Å². The second-order valence-corrected chi connectivity index (χ2v) is 5.35. The molecule has 3 nitrogen and oxygen atoms in total. The summed E-state index contributed by atoms with van der Waals surface area (Å²) in [5.74, 6) is 0.156. The van der Waals surface area contributed by atoms with Crippen molar-refractivity contribution < 1.29 is 4.79 Å². The van der Waals surface area contributed by atoms with Crippen LogP contribution in [-0.2, 0) is 6.42 Å². The molecule has 1 fully saturated rings. The summed E-state index contributed by atoms with van der Waals surface area (Å²) in [7, 11) is 0. The Kier molecular flexibility index (Phi) is 2.44. The van der Waals surface area contributed by atoms with Crippen molar-refractivity contribution in [2.45, 2.75) is 31.2 Å². The van der Waals surface area contributed by atoms with Crippen LogP contribution in [0.5, 0.6) is 0 Å². The van der Waals surface area contributed by atoms with E-state index in [9.17, 15) is 4.79 Å². The Balaban J connectivity index is 1.79. The van der Waals surface area contributed by atoms with Crippen molar-refractivity contribution in [3.05, 3.63) is 35.4 Å². The number of fused-ring (bicyclic) bond motifs is 1. The molecule has 1 amide bonds. The molecule has 1 aromatic rings. The molecular weight excluding hydrogens is 212 g/mol. The van der Waals surface area contributed by atoms with Gasteiger partial charge < -0.3 is 10.6 Å². The molecule has 1 saturated carbocycles. The van der Waals surface area contributed by atoms with Gasteiger partial charge in [0.25, 0.3) is 5.91 Å². The van der Waals surface area contributed by atoms with E-state index < -0.39 is 0 Å². The molecule has 2 N–H and O–H groups in total. The van der Waals surface area contributed by atoms with Gasteiger partial charge in [-0.15, -0.1) is 0 Å². The second-order valence-electron chi connectivity index (χ2n) is 5.35. The summed E-state index contributed by atoms with van der Waals surface area (Å²) < 4.78 is 0. The quantitative estimate of drug-likeness (QED) is 0.838. The zero-order chi connectivity index (χ0) is 11.9. The summed E-state index contributed by atoms with van der Waals surface area (Å²) in [5.41, 5.74) is 8.15. The van der Waals surface area contributed by atoms with E-state index in [4.69, 9.17) is 5.73 Å². The van der Waals surface area contributed by atoms with Crippen LogP contribution in [0.4, 0.5) is 0 Å². The van der Waals surface area contributed by atoms with Crippen LogP contribution in [0.1, 0.15) is 35.2 Å². The molecule has 1 aromatic carbocycles. The molecule has 0 bridgehead atoms. The fourth-order valence-electron chi connectivity index (χ4n) is 2.79. The van der Waals surface area contributed by atoms with Gasteiger partial charge >= 0.3 is 0 Å². The minimum absolute atomic E-state index is 0.109. The molecule has 1 heterocycles. The minimum Gasteiger partial charge on any atom is -0.336 e. The molecule has 1 aliphatic carbocycles. The first-order chi connectivity index (χ1) is 8.18. The Hall–Kier alpha value is -1.35. The highest BCUT2D eigenvalue weighted by Gasteiger charge is 2.37. The largest absolute Gasteiger partial charge is 0.336 e. The third kappa shape index (κ3) is 1.84. The standard InChI is InChI=1S/C14H18N2O/c15-14(7-3-8-14)10-16-9-6-11-4-1-2-5-12(11)13(16)17/h1-2,4-5H,3,6-10,15H2. The first-order valence-corrected chi connectivity index (χ1v) is 6.34. The van der Waals surface area contributed by atoms with E-state index in [0.29, 0.717) is 0 Å². The van der Waals surface area contributed by atoms with Gasteiger partial charge in [-0.25, -0.2) is 0 Å². The molecule has 0 atom stereocenters. The van der Waals surface area contributed by atoms with E-state index in [0.717, 1.165) is 37.9 Å². The van der Waals surface area contributed by atoms with Crippen molar-refractivity contribution in [1.82, 2.24) is 4.90 Å². The first-order valence-electron chi connectivity index (χ1n) is 6.34. The van der Waals surface area contributed by atoms with E-state index in [-0.39, 0.29) is 11.4 Å². The summed E-state index contributed by atoms with van der Waals surface area (Å²) in [6.07, 6.45) is 4.27. The second kappa shape index (κ2) is 3.84. The van der Waals surface area contributed by atoms with Crippen LogP contribution in [0.15, 0.2) is 24.3 Å². The number of carbonyl (C=O) groups is 1. The predicted octanol–water partition coefficient (Wildman–Crippen LogP) is 1.57. The molecule has 2 aliphatic rings. The fourth-order valence-corrected chi connectivity index (χ4v) is 2.79. The van der Waals surface area contributed by atoms with E-state index in [2.05, 4.69) is 0 Å². The maximum absolute atomic E-state index is 12.3. The summed E-state index contributed by atoms with van der Waals surface area (Å²) >= 11 is 0. The molecule has 0 unspecified atom stereocenters. The Morgan fingerprint density at radius 2 is 2.06 bits per heavy atom. The highest BCUT2D eigenvalue weighted by Crippen LogP contribution is 2.31. The van der Waals surface area contributed by atoms with Crippen LogP contribution in [0.3, 0.4) is 0 Å². The lowest BCUT2D eigenvalue weighted by Crippen LogP contribution is -2.57. The summed E-state index contributed by atoms with van der Waals surface area (Å²) in [5, 5.41) is 0. The maximum atomic E-state index is 12.3.